The molecule has 0 radical (unpaired) electrons. The summed E-state index contributed by atoms with van der Waals surface area (Å²) < 4.78 is 7.57. The zero-order valence-corrected chi connectivity index (χ0v) is 13.4. The van der Waals surface area contributed by atoms with Crippen LogP contribution in [0.5, 0.6) is 5.75 Å². The van der Waals surface area contributed by atoms with Crippen molar-refractivity contribution >= 4 is 17.2 Å². The number of aromatic nitrogens is 2. The zero-order chi connectivity index (χ0) is 16.1. The predicted octanol–water partition coefficient (Wildman–Crippen LogP) is 5.24. The van der Waals surface area contributed by atoms with Crippen LogP contribution in [0.2, 0.25) is 0 Å². The number of rotatable bonds is 6. The lowest BCUT2D eigenvalue weighted by atomic mass is 10.3. The van der Waals surface area contributed by atoms with Gasteiger partial charge in [-0.1, -0.05) is 19.4 Å². The van der Waals surface area contributed by atoms with Gasteiger partial charge in [-0.2, -0.15) is 0 Å². The molecule has 1 aromatic carbocycles. The highest BCUT2D eigenvalue weighted by atomic mass is 16.5. The SMILES string of the molecule is CCCCOc1ccc(N=Nc2c(C)nc3ccccn23)cc1. The van der Waals surface area contributed by atoms with Crippen LogP contribution in [0.4, 0.5) is 11.5 Å². The predicted molar refractivity (Wildman–Crippen MR) is 91.0 cm³/mol. The third kappa shape index (κ3) is 3.56. The average Bonchev–Trinajstić information content (AvgIpc) is 2.90. The number of azo groups is 1. The maximum absolute atomic E-state index is 5.64. The van der Waals surface area contributed by atoms with Gasteiger partial charge in [0, 0.05) is 6.20 Å². The molecular weight excluding hydrogens is 288 g/mol. The van der Waals surface area contributed by atoms with Crippen LogP contribution in [0, 0.1) is 6.92 Å². The van der Waals surface area contributed by atoms with Crippen LogP contribution < -0.4 is 4.74 Å². The zero-order valence-electron chi connectivity index (χ0n) is 13.4. The van der Waals surface area contributed by atoms with Gasteiger partial charge in [0.2, 0.25) is 0 Å². The fraction of sp³-hybridized carbons (Fsp3) is 0.278. The lowest BCUT2D eigenvalue weighted by Gasteiger charge is -2.04. The third-order valence-corrected chi connectivity index (χ3v) is 3.54. The van der Waals surface area contributed by atoms with E-state index in [9.17, 15) is 0 Å². The van der Waals surface area contributed by atoms with Crippen molar-refractivity contribution in [2.75, 3.05) is 6.61 Å². The Morgan fingerprint density at radius 3 is 2.70 bits per heavy atom. The van der Waals surface area contributed by atoms with Crippen molar-refractivity contribution in [3.63, 3.8) is 0 Å². The molecular formula is C18H20N4O. The maximum Gasteiger partial charge on any atom is 0.182 e. The van der Waals surface area contributed by atoms with Crippen molar-refractivity contribution in [1.29, 1.82) is 0 Å². The molecule has 118 valence electrons. The quantitative estimate of drug-likeness (QED) is 0.462. The van der Waals surface area contributed by atoms with Crippen molar-refractivity contribution in [2.24, 2.45) is 10.2 Å². The van der Waals surface area contributed by atoms with Crippen LogP contribution in [-0.4, -0.2) is 16.0 Å². The Morgan fingerprint density at radius 2 is 1.91 bits per heavy atom. The molecule has 3 rings (SSSR count). The second kappa shape index (κ2) is 7.05. The smallest absolute Gasteiger partial charge is 0.182 e. The van der Waals surface area contributed by atoms with Gasteiger partial charge in [0.15, 0.2) is 5.82 Å². The first-order chi connectivity index (χ1) is 11.3. The highest BCUT2D eigenvalue weighted by Crippen LogP contribution is 2.24. The second-order valence-electron chi connectivity index (χ2n) is 5.35. The fourth-order valence-corrected chi connectivity index (χ4v) is 2.27. The molecule has 0 atom stereocenters. The highest BCUT2D eigenvalue weighted by Gasteiger charge is 2.06. The van der Waals surface area contributed by atoms with Crippen LogP contribution in [0.15, 0.2) is 58.9 Å². The number of benzene rings is 1. The van der Waals surface area contributed by atoms with E-state index in [1.165, 1.54) is 0 Å². The molecule has 0 aliphatic carbocycles. The normalized spacial score (nSPS) is 11.4. The van der Waals surface area contributed by atoms with Gasteiger partial charge >= 0.3 is 0 Å². The van der Waals surface area contributed by atoms with Crippen molar-refractivity contribution in [3.8, 4) is 5.75 Å². The van der Waals surface area contributed by atoms with Crippen molar-refractivity contribution in [3.05, 3.63) is 54.4 Å². The van der Waals surface area contributed by atoms with Gasteiger partial charge in [-0.15, -0.1) is 10.2 Å². The lowest BCUT2D eigenvalue weighted by molar-refractivity contribution is 0.309. The number of aryl methyl sites for hydroxylation is 1. The molecule has 0 aliphatic rings. The van der Waals surface area contributed by atoms with Crippen molar-refractivity contribution in [1.82, 2.24) is 9.38 Å². The summed E-state index contributed by atoms with van der Waals surface area (Å²) in [6.45, 7) is 4.83. The Kier molecular flexibility index (Phi) is 4.66. The molecule has 2 aromatic heterocycles. The molecule has 0 saturated heterocycles. The van der Waals surface area contributed by atoms with E-state index >= 15 is 0 Å². The molecule has 5 nitrogen and oxygen atoms in total. The molecule has 0 spiro atoms. The van der Waals surface area contributed by atoms with E-state index < -0.39 is 0 Å². The number of hydrogen-bond donors (Lipinski definition) is 0. The monoisotopic (exact) mass is 308 g/mol. The Hall–Kier alpha value is -2.69. The number of nitrogens with zero attached hydrogens (tertiary/aromatic N) is 4. The summed E-state index contributed by atoms with van der Waals surface area (Å²) in [6.07, 6.45) is 4.13. The second-order valence-corrected chi connectivity index (χ2v) is 5.35. The summed E-state index contributed by atoms with van der Waals surface area (Å²) in [5.74, 6) is 1.62. The molecule has 0 saturated carbocycles. The summed E-state index contributed by atoms with van der Waals surface area (Å²) in [5.41, 5.74) is 2.52. The lowest BCUT2D eigenvalue weighted by Crippen LogP contribution is -1.95. The van der Waals surface area contributed by atoms with Crippen LogP contribution in [0.3, 0.4) is 0 Å². The van der Waals surface area contributed by atoms with E-state index in [1.54, 1.807) is 0 Å². The molecule has 3 aromatic rings. The Labute approximate surface area is 135 Å². The van der Waals surface area contributed by atoms with Crippen LogP contribution in [0.1, 0.15) is 25.5 Å². The van der Waals surface area contributed by atoms with Gasteiger partial charge in [0.1, 0.15) is 11.4 Å². The first kappa shape index (κ1) is 15.2. The highest BCUT2D eigenvalue weighted by molar-refractivity contribution is 5.51. The van der Waals surface area contributed by atoms with E-state index in [1.807, 2.05) is 60.0 Å². The fourth-order valence-electron chi connectivity index (χ4n) is 2.27. The number of unbranched alkanes of at least 4 members (excludes halogenated alkanes) is 1. The van der Waals surface area contributed by atoms with E-state index in [-0.39, 0.29) is 0 Å². The molecule has 0 bridgehead atoms. The van der Waals surface area contributed by atoms with Gasteiger partial charge in [0.25, 0.3) is 0 Å². The van der Waals surface area contributed by atoms with Crippen molar-refractivity contribution < 1.29 is 4.74 Å². The first-order valence-electron chi connectivity index (χ1n) is 7.86. The molecule has 23 heavy (non-hydrogen) atoms. The molecule has 2 heterocycles. The summed E-state index contributed by atoms with van der Waals surface area (Å²) in [5, 5.41) is 8.66. The molecule has 0 fully saturated rings. The van der Waals surface area contributed by atoms with Gasteiger partial charge < -0.3 is 4.74 Å². The molecule has 5 heteroatoms. The summed E-state index contributed by atoms with van der Waals surface area (Å²) >= 11 is 0. The van der Waals surface area contributed by atoms with E-state index in [2.05, 4.69) is 22.1 Å². The third-order valence-electron chi connectivity index (χ3n) is 3.54. The Morgan fingerprint density at radius 1 is 1.09 bits per heavy atom. The van der Waals surface area contributed by atoms with Gasteiger partial charge in [-0.3, -0.25) is 4.40 Å². The van der Waals surface area contributed by atoms with Gasteiger partial charge in [0.05, 0.1) is 18.0 Å². The van der Waals surface area contributed by atoms with Gasteiger partial charge in [-0.05, 0) is 49.7 Å². The minimum absolute atomic E-state index is 0.748. The Bertz CT molecular complexity index is 806. The van der Waals surface area contributed by atoms with Crippen molar-refractivity contribution in [2.45, 2.75) is 26.7 Å². The number of pyridine rings is 1. The topological polar surface area (TPSA) is 51.2 Å². The molecule has 0 amide bonds. The number of ether oxygens (including phenoxy) is 1. The van der Waals surface area contributed by atoms with Gasteiger partial charge in [-0.25, -0.2) is 4.98 Å². The summed E-state index contributed by atoms with van der Waals surface area (Å²) in [7, 11) is 0. The van der Waals surface area contributed by atoms with E-state index in [0.29, 0.717) is 0 Å². The van der Waals surface area contributed by atoms with E-state index in [4.69, 9.17) is 4.74 Å². The number of hydrogen-bond acceptors (Lipinski definition) is 4. The summed E-state index contributed by atoms with van der Waals surface area (Å²) in [6, 6.07) is 13.5. The van der Waals surface area contributed by atoms with E-state index in [0.717, 1.165) is 48.0 Å². The van der Waals surface area contributed by atoms with Crippen LogP contribution in [-0.2, 0) is 0 Å². The summed E-state index contributed by atoms with van der Waals surface area (Å²) in [4.78, 5) is 4.47. The first-order valence-corrected chi connectivity index (χ1v) is 7.86. The average molecular weight is 308 g/mol. The number of fused-ring (bicyclic) bond motifs is 1. The number of imidazole rings is 1. The Balaban J connectivity index is 1.75. The van der Waals surface area contributed by atoms with Crippen LogP contribution in [0.25, 0.3) is 5.65 Å². The largest absolute Gasteiger partial charge is 0.494 e. The molecule has 0 aliphatic heterocycles. The standard InChI is InChI=1S/C18H20N4O/c1-3-4-13-23-16-10-8-15(9-11-16)20-21-18-14(2)19-17-7-5-6-12-22(17)18/h5-12H,3-4,13H2,1-2H3. The molecule has 0 N–H and O–H groups in total. The maximum atomic E-state index is 5.64. The minimum atomic E-state index is 0.748. The molecule has 0 unspecified atom stereocenters. The minimum Gasteiger partial charge on any atom is -0.494 e. The van der Waals surface area contributed by atoms with Crippen LogP contribution >= 0.6 is 0 Å².